The smallest absolute Gasteiger partial charge is 0.246 e. The predicted molar refractivity (Wildman–Crippen MR) is 103 cm³/mol. The normalized spacial score (nSPS) is 18.8. The third-order valence-electron chi connectivity index (χ3n) is 4.85. The van der Waals surface area contributed by atoms with E-state index in [0.717, 1.165) is 31.5 Å². The Balaban J connectivity index is 1.54. The fraction of sp³-hybridized carbons (Fsp3) is 0.476. The fourth-order valence-electron chi connectivity index (χ4n) is 3.37. The molecule has 0 aliphatic carbocycles. The summed E-state index contributed by atoms with van der Waals surface area (Å²) in [5.41, 5.74) is 0.883. The van der Waals surface area contributed by atoms with Crippen molar-refractivity contribution in [1.82, 2.24) is 4.90 Å². The van der Waals surface area contributed by atoms with Crippen molar-refractivity contribution in [3.8, 4) is 11.5 Å². The van der Waals surface area contributed by atoms with Crippen LogP contribution in [-0.2, 0) is 14.3 Å². The molecule has 2 fully saturated rings. The van der Waals surface area contributed by atoms with Crippen molar-refractivity contribution >= 4 is 12.0 Å². The highest BCUT2D eigenvalue weighted by Crippen LogP contribution is 2.29. The lowest BCUT2D eigenvalue weighted by molar-refractivity contribution is -0.131. The Morgan fingerprint density at radius 2 is 2.00 bits per heavy atom. The Kier molecular flexibility index (Phi) is 6.90. The largest absolute Gasteiger partial charge is 0.493 e. The van der Waals surface area contributed by atoms with Gasteiger partial charge in [-0.25, -0.2) is 0 Å². The van der Waals surface area contributed by atoms with Crippen molar-refractivity contribution in [2.75, 3.05) is 40.0 Å². The van der Waals surface area contributed by atoms with E-state index in [1.165, 1.54) is 0 Å². The van der Waals surface area contributed by atoms with Crippen LogP contribution in [0.5, 0.6) is 11.5 Å². The Bertz CT molecular complexity index is 673. The van der Waals surface area contributed by atoms with Crippen LogP contribution in [0.15, 0.2) is 36.9 Å². The van der Waals surface area contributed by atoms with Crippen molar-refractivity contribution in [1.29, 1.82) is 0 Å². The molecular weight excluding hydrogens is 346 g/mol. The summed E-state index contributed by atoms with van der Waals surface area (Å²) in [5, 5.41) is 0. The van der Waals surface area contributed by atoms with Crippen LogP contribution in [0.2, 0.25) is 0 Å². The number of rotatable bonds is 7. The number of nitrogens with zero attached hydrogens (tertiary/aromatic N) is 1. The second kappa shape index (κ2) is 9.58. The van der Waals surface area contributed by atoms with E-state index >= 15 is 0 Å². The number of hydrogen-bond acceptors (Lipinski definition) is 5. The van der Waals surface area contributed by atoms with Crippen molar-refractivity contribution in [3.05, 3.63) is 42.5 Å². The number of methoxy groups -OCH3 is 1. The van der Waals surface area contributed by atoms with Gasteiger partial charge in [0.2, 0.25) is 5.91 Å². The van der Waals surface area contributed by atoms with Gasteiger partial charge in [0, 0.05) is 25.1 Å². The molecule has 2 aliphatic rings. The lowest BCUT2D eigenvalue weighted by atomic mass is 9.96. The SMILES string of the molecule is C=CCOc1ccc(/C=C/C(=O)N2CCC(C3OCCO3)CC2)cc1OC. The van der Waals surface area contributed by atoms with Crippen LogP contribution in [0.3, 0.4) is 0 Å². The third kappa shape index (κ3) is 5.11. The van der Waals surface area contributed by atoms with Gasteiger partial charge < -0.3 is 23.8 Å². The molecule has 0 N–H and O–H groups in total. The van der Waals surface area contributed by atoms with Crippen LogP contribution in [-0.4, -0.2) is 57.1 Å². The summed E-state index contributed by atoms with van der Waals surface area (Å²) in [5.74, 6) is 1.68. The number of benzene rings is 1. The molecule has 6 heteroatoms. The molecule has 6 nitrogen and oxygen atoms in total. The first-order chi connectivity index (χ1) is 13.2. The highest BCUT2D eigenvalue weighted by Gasteiger charge is 2.31. The van der Waals surface area contributed by atoms with E-state index in [2.05, 4.69) is 6.58 Å². The Morgan fingerprint density at radius 1 is 1.26 bits per heavy atom. The summed E-state index contributed by atoms with van der Waals surface area (Å²) in [6.07, 6.45) is 6.83. The predicted octanol–water partition coefficient (Wildman–Crippen LogP) is 2.88. The number of carbonyl (C=O) groups is 1. The fourth-order valence-corrected chi connectivity index (χ4v) is 3.37. The molecule has 0 bridgehead atoms. The van der Waals surface area contributed by atoms with E-state index in [-0.39, 0.29) is 12.2 Å². The van der Waals surface area contributed by atoms with Gasteiger partial charge in [-0.1, -0.05) is 18.7 Å². The molecule has 0 unspecified atom stereocenters. The maximum atomic E-state index is 12.5. The Labute approximate surface area is 160 Å². The zero-order chi connectivity index (χ0) is 19.1. The number of ether oxygens (including phenoxy) is 4. The average molecular weight is 373 g/mol. The zero-order valence-electron chi connectivity index (χ0n) is 15.8. The topological polar surface area (TPSA) is 57.2 Å². The lowest BCUT2D eigenvalue weighted by Crippen LogP contribution is -2.40. The Hall–Kier alpha value is -2.31. The summed E-state index contributed by atoms with van der Waals surface area (Å²) >= 11 is 0. The number of carbonyl (C=O) groups excluding carboxylic acids is 1. The second-order valence-electron chi connectivity index (χ2n) is 6.62. The number of piperidine rings is 1. The molecule has 2 aliphatic heterocycles. The zero-order valence-corrected chi connectivity index (χ0v) is 15.8. The number of hydrogen-bond donors (Lipinski definition) is 0. The molecule has 2 heterocycles. The van der Waals surface area contributed by atoms with Crippen molar-refractivity contribution in [2.45, 2.75) is 19.1 Å². The van der Waals surface area contributed by atoms with Gasteiger partial charge in [0.15, 0.2) is 17.8 Å². The first-order valence-electron chi connectivity index (χ1n) is 9.33. The second-order valence-corrected chi connectivity index (χ2v) is 6.62. The molecule has 0 saturated carbocycles. The number of amides is 1. The molecule has 1 aromatic carbocycles. The summed E-state index contributed by atoms with van der Waals surface area (Å²) in [4.78, 5) is 14.3. The number of likely N-dealkylation sites (tertiary alicyclic amines) is 1. The van der Waals surface area contributed by atoms with Crippen LogP contribution in [0.4, 0.5) is 0 Å². The van der Waals surface area contributed by atoms with Gasteiger partial charge in [0.1, 0.15) is 6.61 Å². The summed E-state index contributed by atoms with van der Waals surface area (Å²) in [6, 6.07) is 5.58. The van der Waals surface area contributed by atoms with E-state index in [4.69, 9.17) is 18.9 Å². The molecular formula is C21H27NO5. The monoisotopic (exact) mass is 373 g/mol. The highest BCUT2D eigenvalue weighted by atomic mass is 16.7. The molecule has 2 saturated heterocycles. The summed E-state index contributed by atoms with van der Waals surface area (Å²) in [6.45, 7) is 6.86. The van der Waals surface area contributed by atoms with E-state index in [9.17, 15) is 4.79 Å². The quantitative estimate of drug-likeness (QED) is 0.543. The van der Waals surface area contributed by atoms with Gasteiger partial charge >= 0.3 is 0 Å². The van der Waals surface area contributed by atoms with Crippen LogP contribution in [0.25, 0.3) is 6.08 Å². The molecule has 0 spiro atoms. The van der Waals surface area contributed by atoms with Crippen LogP contribution >= 0.6 is 0 Å². The molecule has 27 heavy (non-hydrogen) atoms. The van der Waals surface area contributed by atoms with E-state index < -0.39 is 0 Å². The minimum atomic E-state index is -0.0907. The van der Waals surface area contributed by atoms with Gasteiger partial charge in [0.05, 0.1) is 20.3 Å². The van der Waals surface area contributed by atoms with E-state index in [1.807, 2.05) is 23.1 Å². The van der Waals surface area contributed by atoms with Crippen molar-refractivity contribution in [3.63, 3.8) is 0 Å². The first kappa shape index (κ1) is 19.5. The van der Waals surface area contributed by atoms with Gasteiger partial charge in [-0.2, -0.15) is 0 Å². The minimum Gasteiger partial charge on any atom is -0.493 e. The van der Waals surface area contributed by atoms with Crippen molar-refractivity contribution < 1.29 is 23.7 Å². The van der Waals surface area contributed by atoms with Gasteiger partial charge in [-0.15, -0.1) is 0 Å². The standard InChI is InChI=1S/C21H27NO5/c1-3-12-25-18-6-4-16(15-19(18)24-2)5-7-20(23)22-10-8-17(9-11-22)21-26-13-14-27-21/h3-7,15,17,21H,1,8-14H2,2H3/b7-5+. The molecule has 1 aromatic rings. The minimum absolute atomic E-state index is 0.0210. The van der Waals surface area contributed by atoms with Gasteiger partial charge in [-0.05, 0) is 36.6 Å². The molecule has 3 rings (SSSR count). The maximum absolute atomic E-state index is 12.5. The maximum Gasteiger partial charge on any atom is 0.246 e. The summed E-state index contributed by atoms with van der Waals surface area (Å²) < 4.78 is 22.1. The lowest BCUT2D eigenvalue weighted by Gasteiger charge is -2.33. The highest BCUT2D eigenvalue weighted by molar-refractivity contribution is 5.91. The van der Waals surface area contributed by atoms with Crippen molar-refractivity contribution in [2.24, 2.45) is 5.92 Å². The molecule has 0 radical (unpaired) electrons. The van der Waals surface area contributed by atoms with E-state index in [1.54, 1.807) is 25.3 Å². The molecule has 0 atom stereocenters. The molecule has 1 amide bonds. The molecule has 0 aromatic heterocycles. The van der Waals surface area contributed by atoms with Crippen LogP contribution < -0.4 is 9.47 Å². The first-order valence-corrected chi connectivity index (χ1v) is 9.33. The Morgan fingerprint density at radius 3 is 2.67 bits per heavy atom. The third-order valence-corrected chi connectivity index (χ3v) is 4.85. The molecule has 146 valence electrons. The van der Waals surface area contributed by atoms with Gasteiger partial charge in [-0.3, -0.25) is 4.79 Å². The van der Waals surface area contributed by atoms with Crippen LogP contribution in [0, 0.1) is 5.92 Å². The van der Waals surface area contributed by atoms with Crippen LogP contribution in [0.1, 0.15) is 18.4 Å². The van der Waals surface area contributed by atoms with Gasteiger partial charge in [0.25, 0.3) is 0 Å². The average Bonchev–Trinajstić information content (AvgIpc) is 3.25. The summed E-state index contributed by atoms with van der Waals surface area (Å²) in [7, 11) is 1.59. The van der Waals surface area contributed by atoms with E-state index in [0.29, 0.717) is 37.2 Å².